The Balaban J connectivity index is 0.00000169. The molecule has 0 saturated carbocycles. The van der Waals surface area contributed by atoms with E-state index < -0.39 is 12.0 Å². The lowest BCUT2D eigenvalue weighted by atomic mass is 10.0. The van der Waals surface area contributed by atoms with E-state index in [1.54, 1.807) is 16.9 Å². The Morgan fingerprint density at radius 3 is 3.08 bits per heavy atom. The van der Waals surface area contributed by atoms with Gasteiger partial charge in [-0.25, -0.2) is 9.36 Å². The number of amides is 1. The smallest absolute Gasteiger partial charge is 0.352 e. The van der Waals surface area contributed by atoms with Gasteiger partial charge in [-0.1, -0.05) is 5.10 Å². The number of nitrogens with zero attached hydrogens (tertiary/aromatic N) is 4. The Hall–Kier alpha value is -1.66. The number of carbonyl (C=O) groups is 2. The van der Waals surface area contributed by atoms with E-state index in [0.717, 1.165) is 5.65 Å². The molecule has 0 unspecified atom stereocenters. The van der Waals surface area contributed by atoms with E-state index in [1.165, 1.54) is 16.7 Å². The van der Waals surface area contributed by atoms with Crippen molar-refractivity contribution in [1.29, 1.82) is 0 Å². The average molecular weight is 459 g/mol. The quantitative estimate of drug-likeness (QED) is 0.277. The summed E-state index contributed by atoms with van der Waals surface area (Å²) in [6.07, 6.45) is 5.33. The van der Waals surface area contributed by atoms with Crippen molar-refractivity contribution in [3.05, 3.63) is 42.0 Å². The van der Waals surface area contributed by atoms with Crippen molar-refractivity contribution >= 4 is 29.3 Å². The van der Waals surface area contributed by atoms with Crippen LogP contribution in [-0.4, -0.2) is 48.7 Å². The van der Waals surface area contributed by atoms with Crippen molar-refractivity contribution in [2.75, 3.05) is 5.75 Å². The van der Waals surface area contributed by atoms with E-state index in [9.17, 15) is 14.7 Å². The number of β-lactam (4-membered cyclic amide) rings is 1. The largest absolute Gasteiger partial charge is 1.00 e. The van der Waals surface area contributed by atoms with Crippen LogP contribution in [0.2, 0.25) is 0 Å². The summed E-state index contributed by atoms with van der Waals surface area (Å²) < 4.78 is 3.63. The summed E-state index contributed by atoms with van der Waals surface area (Å²) in [5.74, 6) is -0.882. The molecular formula is C14H14IN5O3S. The van der Waals surface area contributed by atoms with E-state index in [1.807, 2.05) is 22.9 Å². The number of nitrogens with two attached hydrogens (primary N) is 1. The highest BCUT2D eigenvalue weighted by Crippen LogP contribution is 2.39. The van der Waals surface area contributed by atoms with Gasteiger partial charge < -0.3 is 34.8 Å². The molecule has 3 N–H and O–H groups in total. The molecule has 1 fully saturated rings. The Labute approximate surface area is 158 Å². The fraction of sp³-hybridized carbons (Fsp3) is 0.286. The summed E-state index contributed by atoms with van der Waals surface area (Å²) in [7, 11) is 0. The first-order valence-electron chi connectivity index (χ1n) is 7.05. The van der Waals surface area contributed by atoms with Crippen LogP contribution < -0.4 is 34.3 Å². The predicted molar refractivity (Wildman–Crippen MR) is 81.1 cm³/mol. The lowest BCUT2D eigenvalue weighted by molar-refractivity contribution is -0.662. The molecule has 2 aromatic rings. The molecule has 0 radical (unpaired) electrons. The minimum Gasteiger partial charge on any atom is -1.00 e. The summed E-state index contributed by atoms with van der Waals surface area (Å²) in [5, 5.41) is 13.5. The molecular weight excluding hydrogens is 445 g/mol. The fourth-order valence-corrected chi connectivity index (χ4v) is 4.26. The molecule has 2 aromatic heterocycles. The number of carboxylic acids is 1. The molecule has 2 atom stereocenters. The van der Waals surface area contributed by atoms with Crippen LogP contribution in [0.15, 0.2) is 42.0 Å². The van der Waals surface area contributed by atoms with Gasteiger partial charge >= 0.3 is 11.6 Å². The average Bonchev–Trinajstić information content (AvgIpc) is 2.96. The zero-order valence-electron chi connectivity index (χ0n) is 12.4. The molecule has 1 saturated heterocycles. The third kappa shape index (κ3) is 2.48. The zero-order valence-corrected chi connectivity index (χ0v) is 15.3. The minimum absolute atomic E-state index is 0. The van der Waals surface area contributed by atoms with Crippen LogP contribution in [0.25, 0.3) is 5.65 Å². The van der Waals surface area contributed by atoms with Crippen molar-refractivity contribution < 1.29 is 43.2 Å². The molecule has 8 nitrogen and oxygen atoms in total. The van der Waals surface area contributed by atoms with Crippen LogP contribution in [0.5, 0.6) is 0 Å². The number of aromatic nitrogens is 3. The second kappa shape index (κ2) is 6.33. The van der Waals surface area contributed by atoms with Gasteiger partial charge in [-0.3, -0.25) is 9.69 Å². The van der Waals surface area contributed by atoms with E-state index >= 15 is 0 Å². The molecule has 4 heterocycles. The fourth-order valence-electron chi connectivity index (χ4n) is 2.98. The molecule has 2 aliphatic rings. The Morgan fingerprint density at radius 1 is 1.54 bits per heavy atom. The van der Waals surface area contributed by atoms with Crippen molar-refractivity contribution in [1.82, 2.24) is 14.5 Å². The van der Waals surface area contributed by atoms with Crippen LogP contribution >= 0.6 is 11.8 Å². The highest BCUT2D eigenvalue weighted by Gasteiger charge is 2.51. The topological polar surface area (TPSA) is 105 Å². The van der Waals surface area contributed by atoms with Crippen molar-refractivity contribution in [3.63, 3.8) is 0 Å². The normalized spacial score (nSPS) is 22.9. The Bertz CT molecular complexity index is 867. The molecule has 4 rings (SSSR count). The van der Waals surface area contributed by atoms with Gasteiger partial charge in [0.05, 0.1) is 6.20 Å². The van der Waals surface area contributed by atoms with Gasteiger partial charge in [0.2, 0.25) is 5.91 Å². The summed E-state index contributed by atoms with van der Waals surface area (Å²) >= 11 is 1.50. The molecule has 1 amide bonds. The van der Waals surface area contributed by atoms with Gasteiger partial charge in [0.1, 0.15) is 29.9 Å². The van der Waals surface area contributed by atoms with Crippen molar-refractivity contribution in [2.45, 2.75) is 18.0 Å². The SMILES string of the molecule is N[C@@H]1C(=O)N2C(C(=O)O)=C(C[n+]3ccn4ncccc43)CS[C@H]12.[I-]. The molecule has 24 heavy (non-hydrogen) atoms. The van der Waals surface area contributed by atoms with Gasteiger partial charge in [0, 0.05) is 17.4 Å². The molecule has 0 spiro atoms. The van der Waals surface area contributed by atoms with Gasteiger partial charge in [-0.2, -0.15) is 0 Å². The molecule has 0 aliphatic carbocycles. The third-order valence-corrected chi connectivity index (χ3v) is 5.45. The van der Waals surface area contributed by atoms with Gasteiger partial charge in [-0.15, -0.1) is 16.3 Å². The molecule has 10 heteroatoms. The Kier molecular flexibility index (Phi) is 4.53. The Morgan fingerprint density at radius 2 is 2.33 bits per heavy atom. The number of hydrogen-bond acceptors (Lipinski definition) is 5. The summed E-state index contributed by atoms with van der Waals surface area (Å²) in [6.45, 7) is 0.391. The number of carbonyl (C=O) groups excluding carboxylic acids is 1. The summed E-state index contributed by atoms with van der Waals surface area (Å²) in [4.78, 5) is 24.9. The lowest BCUT2D eigenvalue weighted by Gasteiger charge is -2.47. The number of halogens is 1. The lowest BCUT2D eigenvalue weighted by Crippen LogP contribution is -3.00. The second-order valence-corrected chi connectivity index (χ2v) is 6.55. The number of hydrogen-bond donors (Lipinski definition) is 2. The predicted octanol–water partition coefficient (Wildman–Crippen LogP) is -3.79. The van der Waals surface area contributed by atoms with Crippen molar-refractivity contribution in [2.24, 2.45) is 5.73 Å². The maximum atomic E-state index is 11.9. The molecule has 0 aromatic carbocycles. The summed E-state index contributed by atoms with van der Waals surface area (Å²) in [6, 6.07) is 3.11. The van der Waals surface area contributed by atoms with Gasteiger partial charge in [-0.05, 0) is 6.07 Å². The van der Waals surface area contributed by atoms with E-state index in [-0.39, 0.29) is 41.0 Å². The van der Waals surface area contributed by atoms with E-state index in [2.05, 4.69) is 5.10 Å². The molecule has 126 valence electrons. The van der Waals surface area contributed by atoms with Crippen LogP contribution in [0.4, 0.5) is 0 Å². The molecule has 0 bridgehead atoms. The van der Waals surface area contributed by atoms with Gasteiger partial charge in [0.25, 0.3) is 0 Å². The minimum atomic E-state index is -1.09. The van der Waals surface area contributed by atoms with Crippen LogP contribution in [0, 0.1) is 0 Å². The first kappa shape index (κ1) is 17.2. The summed E-state index contributed by atoms with van der Waals surface area (Å²) in [5.41, 5.74) is 7.36. The maximum absolute atomic E-state index is 11.9. The number of thioether (sulfide) groups is 1. The number of rotatable bonds is 3. The van der Waals surface area contributed by atoms with Crippen molar-refractivity contribution in [3.8, 4) is 0 Å². The third-order valence-electron chi connectivity index (χ3n) is 4.09. The number of imidazole rings is 1. The standard InChI is InChI=1S/C14H13N5O3S.HI/c15-10-12(20)19-11(14(21)22)8(7-23-13(10)19)6-17-4-5-18-9(17)2-1-3-16-18;/h1-5,10,13H,6-7,15H2;1H/t10-,13-;/m1./s1. The first-order chi connectivity index (χ1) is 11.1. The number of aliphatic carboxylic acids is 1. The second-order valence-electron chi connectivity index (χ2n) is 5.45. The monoisotopic (exact) mass is 459 g/mol. The first-order valence-corrected chi connectivity index (χ1v) is 8.10. The zero-order chi connectivity index (χ0) is 16.1. The highest BCUT2D eigenvalue weighted by molar-refractivity contribution is 8.00. The van der Waals surface area contributed by atoms with E-state index in [4.69, 9.17) is 5.73 Å². The van der Waals surface area contributed by atoms with Crippen LogP contribution in [0.1, 0.15) is 0 Å². The number of carboxylic acid groups (broad SMARTS) is 1. The molecule has 2 aliphatic heterocycles. The van der Waals surface area contributed by atoms with E-state index in [0.29, 0.717) is 17.9 Å². The van der Waals surface area contributed by atoms with Crippen LogP contribution in [0.3, 0.4) is 0 Å². The number of fused-ring (bicyclic) bond motifs is 2. The highest BCUT2D eigenvalue weighted by atomic mass is 127. The maximum Gasteiger partial charge on any atom is 0.352 e. The van der Waals surface area contributed by atoms with Crippen LogP contribution in [-0.2, 0) is 16.1 Å². The van der Waals surface area contributed by atoms with Gasteiger partial charge in [0.15, 0.2) is 6.20 Å².